The van der Waals surface area contributed by atoms with E-state index in [1.165, 1.54) is 0 Å². The minimum atomic E-state index is -0.144. The highest BCUT2D eigenvalue weighted by atomic mass is 16.2. The number of amides is 1. The normalized spacial score (nSPS) is 17.6. The van der Waals surface area contributed by atoms with E-state index >= 15 is 0 Å². The van der Waals surface area contributed by atoms with E-state index in [1.54, 1.807) is 6.33 Å². The van der Waals surface area contributed by atoms with Crippen LogP contribution in [0.2, 0.25) is 0 Å². The maximum Gasteiger partial charge on any atom is 0.241 e. The summed E-state index contributed by atoms with van der Waals surface area (Å²) in [7, 11) is 1.98. The average molecular weight is 327 g/mol. The number of imidazole rings is 1. The molecule has 1 saturated heterocycles. The van der Waals surface area contributed by atoms with Crippen LogP contribution in [0.5, 0.6) is 0 Å². The van der Waals surface area contributed by atoms with Gasteiger partial charge in [0.1, 0.15) is 0 Å². The van der Waals surface area contributed by atoms with E-state index in [9.17, 15) is 4.79 Å². The van der Waals surface area contributed by atoms with Crippen LogP contribution in [0.25, 0.3) is 0 Å². The lowest BCUT2D eigenvalue weighted by atomic mass is 10.1. The third-order valence-corrected chi connectivity index (χ3v) is 4.42. The van der Waals surface area contributed by atoms with Crippen LogP contribution in [-0.2, 0) is 24.8 Å². The van der Waals surface area contributed by atoms with Crippen LogP contribution in [0, 0.1) is 0 Å². The molecule has 1 aliphatic rings. The summed E-state index contributed by atoms with van der Waals surface area (Å²) in [5, 5.41) is 6.61. The van der Waals surface area contributed by atoms with Crippen molar-refractivity contribution in [3.05, 3.63) is 54.1 Å². The number of nitrogens with zero attached hydrogens (tertiary/aromatic N) is 3. The minimum Gasteiger partial charge on any atom is -0.338 e. The number of carbonyl (C=O) groups is 1. The number of aromatic nitrogens is 2. The predicted octanol–water partition coefficient (Wildman–Crippen LogP) is 0.553. The molecule has 128 valence electrons. The molecule has 1 aromatic carbocycles. The van der Waals surface area contributed by atoms with Gasteiger partial charge in [0, 0.05) is 58.1 Å². The molecule has 6 nitrogen and oxygen atoms in total. The summed E-state index contributed by atoms with van der Waals surface area (Å²) in [6.07, 6.45) is 4.46. The molecular formula is C18H25N5O. The van der Waals surface area contributed by atoms with Gasteiger partial charge < -0.3 is 20.1 Å². The Morgan fingerprint density at radius 1 is 1.33 bits per heavy atom. The molecule has 6 heteroatoms. The topological polar surface area (TPSA) is 62.2 Å². The summed E-state index contributed by atoms with van der Waals surface area (Å²) < 4.78 is 2.01. The molecule has 1 aromatic heterocycles. The summed E-state index contributed by atoms with van der Waals surface area (Å²) in [5.74, 6) is 0.160. The zero-order chi connectivity index (χ0) is 16.8. The molecule has 1 fully saturated rings. The van der Waals surface area contributed by atoms with Crippen molar-refractivity contribution in [3.63, 3.8) is 0 Å². The van der Waals surface area contributed by atoms with E-state index < -0.39 is 0 Å². The fourth-order valence-corrected chi connectivity index (χ4v) is 2.99. The Morgan fingerprint density at radius 2 is 2.17 bits per heavy atom. The average Bonchev–Trinajstić information content (AvgIpc) is 3.04. The Morgan fingerprint density at radius 3 is 2.83 bits per heavy atom. The smallest absolute Gasteiger partial charge is 0.241 e. The maximum atomic E-state index is 12.9. The summed E-state index contributed by atoms with van der Waals surface area (Å²) in [4.78, 5) is 19.1. The summed E-state index contributed by atoms with van der Waals surface area (Å²) in [6.45, 7) is 3.76. The van der Waals surface area contributed by atoms with Gasteiger partial charge in [-0.25, -0.2) is 4.98 Å². The predicted molar refractivity (Wildman–Crippen MR) is 93.4 cm³/mol. The zero-order valence-electron chi connectivity index (χ0n) is 14.1. The van der Waals surface area contributed by atoms with Crippen molar-refractivity contribution < 1.29 is 4.79 Å². The molecule has 0 radical (unpaired) electrons. The van der Waals surface area contributed by atoms with Crippen molar-refractivity contribution in [2.75, 3.05) is 26.2 Å². The first-order valence-corrected chi connectivity index (χ1v) is 8.46. The molecule has 2 N–H and O–H groups in total. The highest BCUT2D eigenvalue weighted by Gasteiger charge is 2.25. The van der Waals surface area contributed by atoms with Gasteiger partial charge in [0.05, 0.1) is 12.4 Å². The number of carbonyl (C=O) groups excluding carboxylic acids is 1. The van der Waals surface area contributed by atoms with Gasteiger partial charge in [-0.1, -0.05) is 30.3 Å². The van der Waals surface area contributed by atoms with Gasteiger partial charge in [0.15, 0.2) is 0 Å². The molecule has 0 bridgehead atoms. The van der Waals surface area contributed by atoms with Gasteiger partial charge >= 0.3 is 0 Å². The molecule has 0 spiro atoms. The number of hydrogen-bond acceptors (Lipinski definition) is 4. The summed E-state index contributed by atoms with van der Waals surface area (Å²) in [6, 6.07) is 10.0. The Hall–Kier alpha value is -2.18. The zero-order valence-corrected chi connectivity index (χ0v) is 14.1. The molecule has 3 rings (SSSR count). The Bertz CT molecular complexity index is 648. The Balaban J connectivity index is 1.69. The monoisotopic (exact) mass is 327 g/mol. The van der Waals surface area contributed by atoms with E-state index in [2.05, 4.69) is 27.8 Å². The van der Waals surface area contributed by atoms with Crippen LogP contribution in [0.4, 0.5) is 0 Å². The number of benzene rings is 1. The molecular weight excluding hydrogens is 302 g/mol. The third kappa shape index (κ3) is 4.21. The first-order chi connectivity index (χ1) is 11.7. The molecule has 0 unspecified atom stereocenters. The van der Waals surface area contributed by atoms with Crippen LogP contribution in [-0.4, -0.2) is 52.6 Å². The fourth-order valence-electron chi connectivity index (χ4n) is 2.99. The van der Waals surface area contributed by atoms with Crippen LogP contribution >= 0.6 is 0 Å². The third-order valence-electron chi connectivity index (χ3n) is 4.42. The van der Waals surface area contributed by atoms with Gasteiger partial charge in [-0.2, -0.15) is 0 Å². The van der Waals surface area contributed by atoms with Gasteiger partial charge in [0.2, 0.25) is 5.91 Å². The molecule has 0 aliphatic carbocycles. The van der Waals surface area contributed by atoms with Gasteiger partial charge in [-0.05, 0) is 5.56 Å². The molecule has 2 aromatic rings. The summed E-state index contributed by atoms with van der Waals surface area (Å²) in [5.41, 5.74) is 2.29. The quantitative estimate of drug-likeness (QED) is 0.814. The molecule has 0 saturated carbocycles. The lowest BCUT2D eigenvalue weighted by Crippen LogP contribution is -2.56. The lowest BCUT2D eigenvalue weighted by molar-refractivity contribution is -0.134. The number of rotatable bonds is 6. The highest BCUT2D eigenvalue weighted by molar-refractivity contribution is 5.82. The van der Waals surface area contributed by atoms with Crippen LogP contribution in [0.3, 0.4) is 0 Å². The standard InChI is InChI=1S/C18H25N5O/c1-22-14-20-11-16(22)7-10-23(13-15-5-3-2-4-6-15)18(24)17-12-19-8-9-21-17/h2-6,11,14,17,19,21H,7-10,12-13H2,1H3/t17-/m1/s1. The van der Waals surface area contributed by atoms with E-state index in [4.69, 9.17) is 0 Å². The van der Waals surface area contributed by atoms with Crippen molar-refractivity contribution in [2.45, 2.75) is 19.0 Å². The Labute approximate surface area is 142 Å². The molecule has 1 atom stereocenters. The van der Waals surface area contributed by atoms with Crippen LogP contribution in [0.1, 0.15) is 11.3 Å². The lowest BCUT2D eigenvalue weighted by Gasteiger charge is -2.30. The molecule has 2 heterocycles. The maximum absolute atomic E-state index is 12.9. The number of piperazine rings is 1. The molecule has 24 heavy (non-hydrogen) atoms. The van der Waals surface area contributed by atoms with E-state index in [0.717, 1.165) is 30.8 Å². The molecule has 1 aliphatic heterocycles. The first kappa shape index (κ1) is 16.7. The second kappa shape index (κ2) is 8.08. The van der Waals surface area contributed by atoms with Crippen molar-refractivity contribution in [1.29, 1.82) is 0 Å². The van der Waals surface area contributed by atoms with E-state index in [0.29, 0.717) is 19.6 Å². The van der Waals surface area contributed by atoms with Crippen molar-refractivity contribution in [1.82, 2.24) is 25.1 Å². The fraction of sp³-hybridized carbons (Fsp3) is 0.444. The van der Waals surface area contributed by atoms with Crippen molar-refractivity contribution >= 4 is 5.91 Å². The molecule has 1 amide bonds. The van der Waals surface area contributed by atoms with E-state index in [-0.39, 0.29) is 11.9 Å². The largest absolute Gasteiger partial charge is 0.338 e. The van der Waals surface area contributed by atoms with Crippen molar-refractivity contribution in [2.24, 2.45) is 7.05 Å². The Kier molecular flexibility index (Phi) is 5.61. The second-order valence-electron chi connectivity index (χ2n) is 6.20. The second-order valence-corrected chi connectivity index (χ2v) is 6.20. The van der Waals surface area contributed by atoms with Crippen molar-refractivity contribution in [3.8, 4) is 0 Å². The number of nitrogens with one attached hydrogen (secondary N) is 2. The SMILES string of the molecule is Cn1cncc1CCN(Cc1ccccc1)C(=O)[C@H]1CNCCN1. The highest BCUT2D eigenvalue weighted by Crippen LogP contribution is 2.09. The van der Waals surface area contributed by atoms with Gasteiger partial charge in [0.25, 0.3) is 0 Å². The first-order valence-electron chi connectivity index (χ1n) is 8.46. The van der Waals surface area contributed by atoms with Gasteiger partial charge in [-0.3, -0.25) is 4.79 Å². The number of hydrogen-bond donors (Lipinski definition) is 2. The van der Waals surface area contributed by atoms with Gasteiger partial charge in [-0.15, -0.1) is 0 Å². The summed E-state index contributed by atoms with van der Waals surface area (Å²) >= 11 is 0. The number of aryl methyl sites for hydroxylation is 1. The minimum absolute atomic E-state index is 0.144. The van der Waals surface area contributed by atoms with Crippen LogP contribution in [0.15, 0.2) is 42.9 Å². The van der Waals surface area contributed by atoms with Crippen LogP contribution < -0.4 is 10.6 Å². The van der Waals surface area contributed by atoms with E-state index in [1.807, 2.05) is 40.9 Å².